The van der Waals surface area contributed by atoms with Gasteiger partial charge < -0.3 is 10.7 Å². The SMILES string of the molecule is NC(=O)c1ccc(-c2ccc(F)c(F)c2)[nH]c1=S. The maximum Gasteiger partial charge on any atom is 0.251 e. The van der Waals surface area contributed by atoms with Crippen molar-refractivity contribution in [1.29, 1.82) is 0 Å². The number of nitrogens with one attached hydrogen (secondary N) is 1. The number of amides is 1. The van der Waals surface area contributed by atoms with Gasteiger partial charge in [0.2, 0.25) is 0 Å². The lowest BCUT2D eigenvalue weighted by Crippen LogP contribution is -2.12. The summed E-state index contributed by atoms with van der Waals surface area (Å²) in [4.78, 5) is 13.7. The van der Waals surface area contributed by atoms with Crippen molar-refractivity contribution >= 4 is 18.1 Å². The van der Waals surface area contributed by atoms with Crippen LogP contribution in [0.4, 0.5) is 8.78 Å². The molecule has 0 aliphatic heterocycles. The van der Waals surface area contributed by atoms with Crippen LogP contribution in [-0.2, 0) is 0 Å². The zero-order valence-corrected chi connectivity index (χ0v) is 9.85. The quantitative estimate of drug-likeness (QED) is 0.821. The lowest BCUT2D eigenvalue weighted by atomic mass is 10.1. The molecule has 0 bridgehead atoms. The Labute approximate surface area is 106 Å². The first-order valence-corrected chi connectivity index (χ1v) is 5.38. The van der Waals surface area contributed by atoms with Gasteiger partial charge in [0, 0.05) is 11.3 Å². The second kappa shape index (κ2) is 4.66. The molecule has 1 aromatic carbocycles. The lowest BCUT2D eigenvalue weighted by molar-refractivity contribution is 0.0999. The van der Waals surface area contributed by atoms with Crippen molar-refractivity contribution < 1.29 is 13.6 Å². The summed E-state index contributed by atoms with van der Waals surface area (Å²) in [5, 5.41) is 0. The number of H-pyrrole nitrogens is 1. The number of hydrogen-bond acceptors (Lipinski definition) is 2. The predicted octanol–water partition coefficient (Wildman–Crippen LogP) is 2.79. The summed E-state index contributed by atoms with van der Waals surface area (Å²) in [6, 6.07) is 6.44. The van der Waals surface area contributed by atoms with E-state index >= 15 is 0 Å². The molecule has 0 saturated carbocycles. The minimum Gasteiger partial charge on any atom is -0.366 e. The monoisotopic (exact) mass is 266 g/mol. The van der Waals surface area contributed by atoms with Crippen LogP contribution >= 0.6 is 12.2 Å². The van der Waals surface area contributed by atoms with Gasteiger partial charge in [-0.2, -0.15) is 0 Å². The molecule has 3 N–H and O–H groups in total. The molecule has 6 heteroatoms. The highest BCUT2D eigenvalue weighted by molar-refractivity contribution is 7.71. The normalized spacial score (nSPS) is 10.3. The number of rotatable bonds is 2. The number of halogens is 2. The summed E-state index contributed by atoms with van der Waals surface area (Å²) in [7, 11) is 0. The molecule has 0 atom stereocenters. The molecule has 92 valence electrons. The standard InChI is InChI=1S/C12H8F2N2OS/c13-8-3-1-6(5-9(8)14)10-4-2-7(11(15)17)12(18)16-10/h1-5H,(H2,15,17)(H,16,18). The highest BCUT2D eigenvalue weighted by atomic mass is 32.1. The molecule has 0 saturated heterocycles. The minimum absolute atomic E-state index is 0.157. The van der Waals surface area contributed by atoms with E-state index in [0.717, 1.165) is 12.1 Å². The maximum atomic E-state index is 13.1. The number of hydrogen-bond donors (Lipinski definition) is 2. The molecular weight excluding hydrogens is 258 g/mol. The molecule has 2 aromatic rings. The van der Waals surface area contributed by atoms with E-state index in [9.17, 15) is 13.6 Å². The number of benzene rings is 1. The highest BCUT2D eigenvalue weighted by Crippen LogP contribution is 2.20. The van der Waals surface area contributed by atoms with Crippen LogP contribution in [0.3, 0.4) is 0 Å². The van der Waals surface area contributed by atoms with Crippen LogP contribution < -0.4 is 5.73 Å². The fourth-order valence-electron chi connectivity index (χ4n) is 1.50. The summed E-state index contributed by atoms with van der Waals surface area (Å²) in [6.45, 7) is 0. The Bertz CT molecular complexity index is 682. The molecule has 0 radical (unpaired) electrons. The van der Waals surface area contributed by atoms with E-state index in [1.54, 1.807) is 0 Å². The largest absolute Gasteiger partial charge is 0.366 e. The highest BCUT2D eigenvalue weighted by Gasteiger charge is 2.07. The second-order valence-electron chi connectivity index (χ2n) is 3.61. The Morgan fingerprint density at radius 3 is 2.44 bits per heavy atom. The van der Waals surface area contributed by atoms with Crippen molar-refractivity contribution in [2.45, 2.75) is 0 Å². The van der Waals surface area contributed by atoms with Crippen molar-refractivity contribution in [3.63, 3.8) is 0 Å². The summed E-state index contributed by atoms with van der Waals surface area (Å²) >= 11 is 4.95. The number of primary amides is 1. The van der Waals surface area contributed by atoms with Crippen molar-refractivity contribution in [3.8, 4) is 11.3 Å². The van der Waals surface area contributed by atoms with Crippen molar-refractivity contribution in [3.05, 3.63) is 52.2 Å². The first kappa shape index (κ1) is 12.4. The zero-order chi connectivity index (χ0) is 13.3. The van der Waals surface area contributed by atoms with E-state index in [2.05, 4.69) is 4.98 Å². The summed E-state index contributed by atoms with van der Waals surface area (Å²) in [5.41, 5.74) is 6.19. The number of aromatic nitrogens is 1. The average molecular weight is 266 g/mol. The Morgan fingerprint density at radius 2 is 1.89 bits per heavy atom. The number of nitrogens with two attached hydrogens (primary N) is 1. The predicted molar refractivity (Wildman–Crippen MR) is 65.5 cm³/mol. The van der Waals surface area contributed by atoms with Gasteiger partial charge in [-0.1, -0.05) is 12.2 Å². The fourth-order valence-corrected chi connectivity index (χ4v) is 1.78. The van der Waals surface area contributed by atoms with Gasteiger partial charge in [0.05, 0.1) is 5.56 Å². The third-order valence-corrected chi connectivity index (χ3v) is 2.73. The van der Waals surface area contributed by atoms with E-state index in [-0.39, 0.29) is 10.2 Å². The fraction of sp³-hybridized carbons (Fsp3) is 0. The van der Waals surface area contributed by atoms with E-state index in [1.807, 2.05) is 0 Å². The van der Waals surface area contributed by atoms with Crippen LogP contribution in [0, 0.1) is 16.3 Å². The van der Waals surface area contributed by atoms with E-state index in [0.29, 0.717) is 11.3 Å². The van der Waals surface area contributed by atoms with Gasteiger partial charge in [0.15, 0.2) is 11.6 Å². The average Bonchev–Trinajstić information content (AvgIpc) is 2.32. The molecule has 0 aliphatic carbocycles. The van der Waals surface area contributed by atoms with Crippen LogP contribution in [0.2, 0.25) is 0 Å². The summed E-state index contributed by atoms with van der Waals surface area (Å²) in [6.07, 6.45) is 0. The molecule has 0 fully saturated rings. The third-order valence-electron chi connectivity index (χ3n) is 2.41. The number of carbonyl (C=O) groups excluding carboxylic acids is 1. The van der Waals surface area contributed by atoms with Crippen molar-refractivity contribution in [2.24, 2.45) is 5.73 Å². The lowest BCUT2D eigenvalue weighted by Gasteiger charge is -2.04. The molecule has 2 rings (SSSR count). The molecule has 0 spiro atoms. The topological polar surface area (TPSA) is 58.9 Å². The van der Waals surface area contributed by atoms with Gasteiger partial charge >= 0.3 is 0 Å². The molecule has 18 heavy (non-hydrogen) atoms. The molecule has 1 amide bonds. The molecule has 3 nitrogen and oxygen atoms in total. The van der Waals surface area contributed by atoms with E-state index in [4.69, 9.17) is 18.0 Å². The van der Waals surface area contributed by atoms with Gasteiger partial charge in [-0.25, -0.2) is 8.78 Å². The van der Waals surface area contributed by atoms with Crippen LogP contribution in [0.5, 0.6) is 0 Å². The van der Waals surface area contributed by atoms with Gasteiger partial charge in [-0.3, -0.25) is 4.79 Å². The number of carbonyl (C=O) groups is 1. The zero-order valence-electron chi connectivity index (χ0n) is 9.04. The van der Waals surface area contributed by atoms with Gasteiger partial charge in [0.25, 0.3) is 5.91 Å². The minimum atomic E-state index is -0.953. The number of pyridine rings is 1. The van der Waals surface area contributed by atoms with Crippen LogP contribution in [0.1, 0.15) is 10.4 Å². The first-order valence-electron chi connectivity index (χ1n) is 4.97. The third kappa shape index (κ3) is 2.28. The van der Waals surface area contributed by atoms with Crippen LogP contribution in [-0.4, -0.2) is 10.9 Å². The summed E-state index contributed by atoms with van der Waals surface area (Å²) in [5.74, 6) is -2.52. The Kier molecular flexibility index (Phi) is 3.20. The molecular formula is C12H8F2N2OS. The van der Waals surface area contributed by atoms with Gasteiger partial charge in [0.1, 0.15) is 4.64 Å². The molecule has 1 aromatic heterocycles. The first-order chi connectivity index (χ1) is 8.49. The Balaban J connectivity index is 2.52. The Morgan fingerprint density at radius 1 is 1.17 bits per heavy atom. The van der Waals surface area contributed by atoms with E-state index in [1.165, 1.54) is 18.2 Å². The molecule has 0 aliphatic rings. The Hall–Kier alpha value is -2.08. The second-order valence-corrected chi connectivity index (χ2v) is 4.02. The molecule has 1 heterocycles. The summed E-state index contributed by atoms with van der Waals surface area (Å²) < 4.78 is 26.0. The van der Waals surface area contributed by atoms with Gasteiger partial charge in [-0.05, 0) is 30.3 Å². The van der Waals surface area contributed by atoms with E-state index < -0.39 is 17.5 Å². The smallest absolute Gasteiger partial charge is 0.251 e. The molecule has 0 unspecified atom stereocenters. The van der Waals surface area contributed by atoms with Crippen LogP contribution in [0.15, 0.2) is 30.3 Å². The number of aromatic amines is 1. The van der Waals surface area contributed by atoms with Crippen molar-refractivity contribution in [2.75, 3.05) is 0 Å². The maximum absolute atomic E-state index is 13.1. The van der Waals surface area contributed by atoms with Crippen molar-refractivity contribution in [1.82, 2.24) is 4.98 Å². The van der Waals surface area contributed by atoms with Crippen LogP contribution in [0.25, 0.3) is 11.3 Å². The van der Waals surface area contributed by atoms with Gasteiger partial charge in [-0.15, -0.1) is 0 Å².